The monoisotopic (exact) mass is 415 g/mol. The Morgan fingerprint density at radius 3 is 2.50 bits per heavy atom. The lowest BCUT2D eigenvalue weighted by atomic mass is 9.99. The van der Waals surface area contributed by atoms with Gasteiger partial charge in [0.2, 0.25) is 0 Å². The molecule has 0 saturated carbocycles. The number of carbonyl (C=O) groups excluding carboxylic acids is 1. The Labute approximate surface area is 176 Å². The van der Waals surface area contributed by atoms with E-state index in [1.807, 2.05) is 42.9 Å². The number of nitrogens with one attached hydrogen (secondary N) is 2. The van der Waals surface area contributed by atoms with Gasteiger partial charge in [-0.25, -0.2) is 4.99 Å². The quantitative estimate of drug-likeness (QED) is 0.199. The fraction of sp³-hybridized carbons (Fsp3) is 0.450. The Hall–Kier alpha value is -3.27. The van der Waals surface area contributed by atoms with E-state index in [1.165, 1.54) is 0 Å². The maximum atomic E-state index is 11.7. The number of primary amides is 1. The molecule has 0 radical (unpaired) electrons. The Balaban J connectivity index is 2.29. The maximum absolute atomic E-state index is 11.7. The smallest absolute Gasteiger partial charge is 0.268 e. The van der Waals surface area contributed by atoms with Crippen LogP contribution in [0.15, 0.2) is 40.9 Å². The average molecular weight is 416 g/mol. The molecule has 164 valence electrons. The number of amides is 1. The molecule has 10 nitrogen and oxygen atoms in total. The molecule has 1 amide bonds. The zero-order valence-corrected chi connectivity index (χ0v) is 18.0. The molecular weight excluding hydrogens is 382 g/mol. The molecule has 30 heavy (non-hydrogen) atoms. The van der Waals surface area contributed by atoms with Crippen LogP contribution in [0.25, 0.3) is 10.9 Å². The Morgan fingerprint density at radius 2 is 1.93 bits per heavy atom. The van der Waals surface area contributed by atoms with Crippen molar-refractivity contribution >= 4 is 28.5 Å². The van der Waals surface area contributed by atoms with Crippen molar-refractivity contribution in [2.45, 2.75) is 52.7 Å². The average Bonchev–Trinajstić information content (AvgIpc) is 3.08. The van der Waals surface area contributed by atoms with E-state index in [9.17, 15) is 4.79 Å². The van der Waals surface area contributed by atoms with E-state index in [2.05, 4.69) is 34.6 Å². The zero-order chi connectivity index (χ0) is 22.4. The number of nitrogens with two attached hydrogens (primary N) is 4. The molecular formula is C20H33N9O. The Bertz CT molecular complexity index is 943. The summed E-state index contributed by atoms with van der Waals surface area (Å²) in [5.74, 6) is -0.164. The number of hydrogen-bond acceptors (Lipinski definition) is 6. The van der Waals surface area contributed by atoms with Gasteiger partial charge in [-0.2, -0.15) is 5.10 Å². The summed E-state index contributed by atoms with van der Waals surface area (Å²) in [6.45, 7) is 8.83. The third-order valence-electron chi connectivity index (χ3n) is 4.56. The van der Waals surface area contributed by atoms with Gasteiger partial charge in [0.15, 0.2) is 5.96 Å². The molecule has 0 spiro atoms. The van der Waals surface area contributed by atoms with E-state index < -0.39 is 5.91 Å². The molecule has 1 heterocycles. The fourth-order valence-electron chi connectivity index (χ4n) is 2.95. The number of aliphatic imine (C=N–C) groups is 1. The topological polar surface area (TPSA) is 175 Å². The summed E-state index contributed by atoms with van der Waals surface area (Å²) in [7, 11) is 0. The molecule has 2 aromatic rings. The Kier molecular flexibility index (Phi) is 7.65. The van der Waals surface area contributed by atoms with E-state index in [-0.39, 0.29) is 29.6 Å². The number of rotatable bonds is 9. The molecule has 10 N–H and O–H groups in total. The van der Waals surface area contributed by atoms with Crippen LogP contribution in [0.4, 0.5) is 5.69 Å². The van der Waals surface area contributed by atoms with E-state index in [0.717, 1.165) is 23.9 Å². The molecule has 10 heteroatoms. The van der Waals surface area contributed by atoms with Crippen LogP contribution < -0.4 is 33.6 Å². The van der Waals surface area contributed by atoms with Crippen LogP contribution in [-0.4, -0.2) is 33.7 Å². The second kappa shape index (κ2) is 9.97. The minimum absolute atomic E-state index is 0.0842. The number of anilines is 1. The van der Waals surface area contributed by atoms with E-state index in [4.69, 9.17) is 22.9 Å². The molecule has 0 saturated heterocycles. The summed E-state index contributed by atoms with van der Waals surface area (Å²) in [5, 5.41) is 11.4. The number of aromatic nitrogens is 2. The van der Waals surface area contributed by atoms with Crippen molar-refractivity contribution in [3.05, 3.63) is 35.9 Å². The lowest BCUT2D eigenvalue weighted by molar-refractivity contribution is -0.114. The van der Waals surface area contributed by atoms with Gasteiger partial charge in [0.05, 0.1) is 11.6 Å². The lowest BCUT2D eigenvalue weighted by Crippen LogP contribution is -2.41. The fourth-order valence-corrected chi connectivity index (χ4v) is 2.95. The number of nitrogens with zero attached hydrogens (tertiary/aromatic N) is 3. The van der Waals surface area contributed by atoms with Gasteiger partial charge in [-0.1, -0.05) is 13.8 Å². The van der Waals surface area contributed by atoms with Crippen LogP contribution in [-0.2, 0) is 11.3 Å². The van der Waals surface area contributed by atoms with Gasteiger partial charge in [-0.3, -0.25) is 9.48 Å². The molecule has 0 fully saturated rings. The predicted octanol–water partition coefficient (Wildman–Crippen LogP) is 0.747. The lowest BCUT2D eigenvalue weighted by Gasteiger charge is -2.21. The highest BCUT2D eigenvalue weighted by atomic mass is 16.1. The van der Waals surface area contributed by atoms with Crippen molar-refractivity contribution in [3.63, 3.8) is 0 Å². The summed E-state index contributed by atoms with van der Waals surface area (Å²) in [4.78, 5) is 16.2. The predicted molar refractivity (Wildman–Crippen MR) is 121 cm³/mol. The second-order valence-electron chi connectivity index (χ2n) is 7.73. The first-order chi connectivity index (χ1) is 14.1. The van der Waals surface area contributed by atoms with Crippen LogP contribution >= 0.6 is 0 Å². The Morgan fingerprint density at radius 1 is 1.23 bits per heavy atom. The van der Waals surface area contributed by atoms with Crippen molar-refractivity contribution < 1.29 is 4.79 Å². The molecule has 1 aromatic heterocycles. The molecule has 0 aliphatic heterocycles. The third kappa shape index (κ3) is 6.11. The third-order valence-corrected chi connectivity index (χ3v) is 4.56. The SMILES string of the molecule is CCn1cc2ccc(N/C(NC(N)=N[C@H](CC(C)C)[C@H](C)N)=C(/N)C(N)=O)cc2n1. The van der Waals surface area contributed by atoms with Gasteiger partial charge in [0, 0.05) is 29.9 Å². The van der Waals surface area contributed by atoms with Crippen LogP contribution in [0, 0.1) is 5.92 Å². The number of fused-ring (bicyclic) bond motifs is 1. The molecule has 1 aromatic carbocycles. The minimum Gasteiger partial charge on any atom is -0.391 e. The first-order valence-electron chi connectivity index (χ1n) is 10.00. The normalized spacial score (nSPS) is 15.1. The number of guanidine groups is 1. The number of aryl methyl sites for hydroxylation is 1. The molecule has 2 rings (SSSR count). The van der Waals surface area contributed by atoms with Gasteiger partial charge in [-0.05, 0) is 44.4 Å². The molecule has 0 bridgehead atoms. The highest BCUT2D eigenvalue weighted by molar-refractivity contribution is 5.94. The van der Waals surface area contributed by atoms with Gasteiger partial charge in [0.25, 0.3) is 5.91 Å². The largest absolute Gasteiger partial charge is 0.391 e. The van der Waals surface area contributed by atoms with Gasteiger partial charge >= 0.3 is 0 Å². The molecule has 0 aliphatic rings. The number of hydrogen-bond donors (Lipinski definition) is 6. The van der Waals surface area contributed by atoms with Crippen LogP contribution in [0.1, 0.15) is 34.1 Å². The highest BCUT2D eigenvalue weighted by Crippen LogP contribution is 2.19. The van der Waals surface area contributed by atoms with Crippen molar-refractivity contribution in [2.24, 2.45) is 33.8 Å². The van der Waals surface area contributed by atoms with Gasteiger partial charge in [0.1, 0.15) is 11.5 Å². The number of benzene rings is 1. The van der Waals surface area contributed by atoms with E-state index in [1.54, 1.807) is 0 Å². The van der Waals surface area contributed by atoms with Crippen molar-refractivity contribution in [1.82, 2.24) is 15.1 Å². The van der Waals surface area contributed by atoms with Crippen LogP contribution in [0.5, 0.6) is 0 Å². The summed E-state index contributed by atoms with van der Waals surface area (Å²) < 4.78 is 1.84. The molecule has 0 aliphatic carbocycles. The maximum Gasteiger partial charge on any atom is 0.268 e. The van der Waals surface area contributed by atoms with Crippen molar-refractivity contribution in [2.75, 3.05) is 5.32 Å². The van der Waals surface area contributed by atoms with E-state index in [0.29, 0.717) is 11.6 Å². The summed E-state index contributed by atoms with van der Waals surface area (Å²) in [5.41, 5.74) is 24.6. The number of carbonyl (C=O) groups is 1. The highest BCUT2D eigenvalue weighted by Gasteiger charge is 2.17. The minimum atomic E-state index is -0.792. The van der Waals surface area contributed by atoms with Gasteiger partial charge in [-0.15, -0.1) is 0 Å². The van der Waals surface area contributed by atoms with Crippen molar-refractivity contribution in [3.8, 4) is 0 Å². The standard InChI is InChI=1S/C20H33N9O/c1-5-29-10-13-6-7-14(9-16(13)28-29)25-19(17(22)18(23)30)27-20(24)26-15(12(4)21)8-11(2)3/h6-7,9-12,15,25H,5,8,21-22H2,1-4H3,(H2,23,30)(H3,24,26,27)/b19-17-/t12-,15+/m0/s1. The van der Waals surface area contributed by atoms with Crippen molar-refractivity contribution in [1.29, 1.82) is 0 Å². The first kappa shape index (κ1) is 23.0. The van der Waals surface area contributed by atoms with Gasteiger partial charge < -0.3 is 33.6 Å². The van der Waals surface area contributed by atoms with Crippen LogP contribution in [0.3, 0.4) is 0 Å². The summed E-state index contributed by atoms with van der Waals surface area (Å²) in [6, 6.07) is 5.24. The van der Waals surface area contributed by atoms with E-state index >= 15 is 0 Å². The second-order valence-corrected chi connectivity index (χ2v) is 7.73. The van der Waals surface area contributed by atoms with Crippen LogP contribution in [0.2, 0.25) is 0 Å². The first-order valence-corrected chi connectivity index (χ1v) is 10.00. The zero-order valence-electron chi connectivity index (χ0n) is 18.0. The molecule has 0 unspecified atom stereocenters. The molecule has 2 atom stereocenters. The summed E-state index contributed by atoms with van der Waals surface area (Å²) in [6.07, 6.45) is 2.73. The summed E-state index contributed by atoms with van der Waals surface area (Å²) >= 11 is 0.